The quantitative estimate of drug-likeness (QED) is 0.732. The number of benzene rings is 1. The molecule has 1 aromatic rings. The molecule has 74 valence electrons. The number of hydrogen-bond acceptors (Lipinski definition) is 2. The van der Waals surface area contributed by atoms with Crippen LogP contribution in [-0.2, 0) is 0 Å². The molecule has 0 fully saturated rings. The first kappa shape index (κ1) is 10.6. The molecule has 0 aliphatic heterocycles. The van der Waals surface area contributed by atoms with Gasteiger partial charge in [0.1, 0.15) is 11.9 Å². The lowest BCUT2D eigenvalue weighted by Gasteiger charge is -2.14. The molecule has 1 atom stereocenters. The first-order valence-corrected chi connectivity index (χ1v) is 4.74. The van der Waals surface area contributed by atoms with Crippen molar-refractivity contribution in [3.05, 3.63) is 29.3 Å². The summed E-state index contributed by atoms with van der Waals surface area (Å²) in [4.78, 5) is 0. The Balaban J connectivity index is 2.76. The number of ether oxygens (including phenoxy) is 1. The van der Waals surface area contributed by atoms with Crippen LogP contribution in [0.25, 0.3) is 0 Å². The van der Waals surface area contributed by atoms with Crippen molar-refractivity contribution >= 4 is 0 Å². The molecule has 0 bridgehead atoms. The van der Waals surface area contributed by atoms with E-state index in [1.807, 2.05) is 32.9 Å². The number of aryl methyl sites for hydroxylation is 2. The molecule has 0 saturated carbocycles. The predicted molar refractivity (Wildman–Crippen MR) is 56.2 cm³/mol. The zero-order valence-corrected chi connectivity index (χ0v) is 8.87. The molecule has 0 spiro atoms. The zero-order valence-electron chi connectivity index (χ0n) is 8.87. The minimum absolute atomic E-state index is 0.0412. The summed E-state index contributed by atoms with van der Waals surface area (Å²) in [6.07, 6.45) is 0.383. The largest absolute Gasteiger partial charge is 0.489 e. The van der Waals surface area contributed by atoms with Gasteiger partial charge in [0.25, 0.3) is 0 Å². The van der Waals surface area contributed by atoms with Crippen molar-refractivity contribution in [1.82, 2.24) is 0 Å². The maximum Gasteiger partial charge on any atom is 0.122 e. The van der Waals surface area contributed by atoms with Crippen molar-refractivity contribution < 1.29 is 4.74 Å². The normalized spacial score (nSPS) is 11.9. The van der Waals surface area contributed by atoms with Crippen LogP contribution in [0, 0.1) is 25.2 Å². The molecule has 0 aliphatic rings. The van der Waals surface area contributed by atoms with Gasteiger partial charge in [-0.15, -0.1) is 0 Å². The fraction of sp³-hybridized carbons (Fsp3) is 0.417. The van der Waals surface area contributed by atoms with E-state index in [2.05, 4.69) is 12.1 Å². The molecule has 1 rings (SSSR count). The van der Waals surface area contributed by atoms with Crippen molar-refractivity contribution in [2.24, 2.45) is 0 Å². The molecule has 14 heavy (non-hydrogen) atoms. The Morgan fingerprint density at radius 3 is 2.79 bits per heavy atom. The van der Waals surface area contributed by atoms with E-state index in [1.54, 1.807) is 0 Å². The van der Waals surface area contributed by atoms with Gasteiger partial charge in [0.15, 0.2) is 0 Å². The fourth-order valence-electron chi connectivity index (χ4n) is 1.22. The summed E-state index contributed by atoms with van der Waals surface area (Å²) < 4.78 is 5.64. The van der Waals surface area contributed by atoms with Gasteiger partial charge in [0.2, 0.25) is 0 Å². The molecular formula is C12H15NO. The number of hydrogen-bond donors (Lipinski definition) is 0. The molecule has 1 aromatic carbocycles. The Labute approximate surface area is 85.1 Å². The number of nitriles is 1. The summed E-state index contributed by atoms with van der Waals surface area (Å²) in [7, 11) is 0. The highest BCUT2D eigenvalue weighted by molar-refractivity contribution is 5.36. The SMILES string of the molecule is Cc1ccc(C)c(OC(C)CC#N)c1. The average Bonchev–Trinajstić information content (AvgIpc) is 2.12. The third-order valence-electron chi connectivity index (χ3n) is 2.05. The van der Waals surface area contributed by atoms with Crippen molar-refractivity contribution in [3.8, 4) is 11.8 Å². The summed E-state index contributed by atoms with van der Waals surface area (Å²) in [6.45, 7) is 5.94. The molecule has 0 heterocycles. The van der Waals surface area contributed by atoms with E-state index in [9.17, 15) is 0 Å². The van der Waals surface area contributed by atoms with Crippen molar-refractivity contribution in [1.29, 1.82) is 5.26 Å². The van der Waals surface area contributed by atoms with Crippen LogP contribution >= 0.6 is 0 Å². The lowest BCUT2D eigenvalue weighted by molar-refractivity contribution is 0.225. The van der Waals surface area contributed by atoms with Gasteiger partial charge >= 0.3 is 0 Å². The lowest BCUT2D eigenvalue weighted by Crippen LogP contribution is -2.11. The zero-order chi connectivity index (χ0) is 10.6. The first-order chi connectivity index (χ1) is 6.63. The Morgan fingerprint density at radius 1 is 1.43 bits per heavy atom. The van der Waals surface area contributed by atoms with E-state index in [1.165, 1.54) is 5.56 Å². The second-order valence-electron chi connectivity index (χ2n) is 3.56. The van der Waals surface area contributed by atoms with Gasteiger partial charge in [-0.05, 0) is 38.0 Å². The van der Waals surface area contributed by atoms with Crippen LogP contribution in [0.4, 0.5) is 0 Å². The molecule has 2 nitrogen and oxygen atoms in total. The van der Waals surface area contributed by atoms with E-state index in [0.717, 1.165) is 11.3 Å². The van der Waals surface area contributed by atoms with Crippen LogP contribution in [0.15, 0.2) is 18.2 Å². The first-order valence-electron chi connectivity index (χ1n) is 4.74. The topological polar surface area (TPSA) is 33.0 Å². The summed E-state index contributed by atoms with van der Waals surface area (Å²) in [6, 6.07) is 8.18. The van der Waals surface area contributed by atoms with Crippen LogP contribution in [0.1, 0.15) is 24.5 Å². The molecule has 0 saturated heterocycles. The molecule has 0 radical (unpaired) electrons. The standard InChI is InChI=1S/C12H15NO/c1-9-4-5-10(2)12(8-9)14-11(3)6-7-13/h4-5,8,11H,6H2,1-3H3. The van der Waals surface area contributed by atoms with Gasteiger partial charge < -0.3 is 4.74 Å². The monoisotopic (exact) mass is 189 g/mol. The van der Waals surface area contributed by atoms with Crippen LogP contribution < -0.4 is 4.74 Å². The van der Waals surface area contributed by atoms with Crippen molar-refractivity contribution in [2.75, 3.05) is 0 Å². The van der Waals surface area contributed by atoms with Gasteiger partial charge in [0.05, 0.1) is 12.5 Å². The number of nitrogens with zero attached hydrogens (tertiary/aromatic N) is 1. The average molecular weight is 189 g/mol. The molecule has 0 N–H and O–H groups in total. The second-order valence-corrected chi connectivity index (χ2v) is 3.56. The highest BCUT2D eigenvalue weighted by Crippen LogP contribution is 2.20. The van der Waals surface area contributed by atoms with E-state index >= 15 is 0 Å². The molecule has 0 aliphatic carbocycles. The third kappa shape index (κ3) is 2.77. The van der Waals surface area contributed by atoms with E-state index in [-0.39, 0.29) is 6.10 Å². The van der Waals surface area contributed by atoms with Crippen molar-refractivity contribution in [3.63, 3.8) is 0 Å². The van der Waals surface area contributed by atoms with Gasteiger partial charge in [-0.3, -0.25) is 0 Å². The Kier molecular flexibility index (Phi) is 3.53. The Bertz CT molecular complexity index is 352. The van der Waals surface area contributed by atoms with E-state index in [4.69, 9.17) is 10.00 Å². The Hall–Kier alpha value is -1.49. The maximum absolute atomic E-state index is 8.51. The summed E-state index contributed by atoms with van der Waals surface area (Å²) >= 11 is 0. The molecular weight excluding hydrogens is 174 g/mol. The van der Waals surface area contributed by atoms with Crippen LogP contribution in [-0.4, -0.2) is 6.10 Å². The summed E-state index contributed by atoms with van der Waals surface area (Å²) in [5, 5.41) is 8.51. The highest BCUT2D eigenvalue weighted by Gasteiger charge is 2.05. The van der Waals surface area contributed by atoms with Gasteiger partial charge in [-0.1, -0.05) is 12.1 Å². The minimum Gasteiger partial charge on any atom is -0.489 e. The van der Waals surface area contributed by atoms with Crippen LogP contribution in [0.2, 0.25) is 0 Å². The predicted octanol–water partition coefficient (Wildman–Crippen LogP) is 2.98. The summed E-state index contributed by atoms with van der Waals surface area (Å²) in [5.74, 6) is 0.882. The van der Waals surface area contributed by atoms with Gasteiger partial charge in [0, 0.05) is 0 Å². The number of rotatable bonds is 3. The lowest BCUT2D eigenvalue weighted by atomic mass is 10.1. The van der Waals surface area contributed by atoms with E-state index in [0.29, 0.717) is 6.42 Å². The van der Waals surface area contributed by atoms with Crippen molar-refractivity contribution in [2.45, 2.75) is 33.3 Å². The third-order valence-corrected chi connectivity index (χ3v) is 2.05. The minimum atomic E-state index is -0.0412. The van der Waals surface area contributed by atoms with Crippen LogP contribution in [0.3, 0.4) is 0 Å². The molecule has 2 heteroatoms. The summed E-state index contributed by atoms with van der Waals surface area (Å²) in [5.41, 5.74) is 2.29. The van der Waals surface area contributed by atoms with Gasteiger partial charge in [-0.2, -0.15) is 5.26 Å². The van der Waals surface area contributed by atoms with E-state index < -0.39 is 0 Å². The fourth-order valence-corrected chi connectivity index (χ4v) is 1.22. The smallest absolute Gasteiger partial charge is 0.122 e. The second kappa shape index (κ2) is 4.66. The Morgan fingerprint density at radius 2 is 2.14 bits per heavy atom. The molecule has 1 unspecified atom stereocenters. The highest BCUT2D eigenvalue weighted by atomic mass is 16.5. The molecule has 0 amide bonds. The van der Waals surface area contributed by atoms with Gasteiger partial charge in [-0.25, -0.2) is 0 Å². The maximum atomic E-state index is 8.51. The van der Waals surface area contributed by atoms with Crippen LogP contribution in [0.5, 0.6) is 5.75 Å². The molecule has 0 aromatic heterocycles.